The van der Waals surface area contributed by atoms with E-state index in [1.165, 1.54) is 12.4 Å². The number of carbonyl (C=O) groups is 1. The number of halogens is 1. The smallest absolute Gasteiger partial charge is 0.255 e. The predicted molar refractivity (Wildman–Crippen MR) is 77.5 cm³/mol. The van der Waals surface area contributed by atoms with Gasteiger partial charge in [0.2, 0.25) is 5.95 Å². The molecule has 1 aliphatic rings. The van der Waals surface area contributed by atoms with Gasteiger partial charge < -0.3 is 10.0 Å². The molecule has 1 N–H and O–H groups in total. The van der Waals surface area contributed by atoms with Crippen LogP contribution in [-0.2, 0) is 5.60 Å². The lowest BCUT2D eigenvalue weighted by Crippen LogP contribution is -2.45. The van der Waals surface area contributed by atoms with Gasteiger partial charge in [-0.05, 0) is 31.0 Å². The third kappa shape index (κ3) is 2.69. The maximum Gasteiger partial charge on any atom is 0.255 e. The van der Waals surface area contributed by atoms with E-state index in [4.69, 9.17) is 0 Å². The van der Waals surface area contributed by atoms with Gasteiger partial charge in [0, 0.05) is 37.2 Å². The number of hydrogen-bond donors (Lipinski definition) is 1. The molecule has 0 saturated carbocycles. The topological polar surface area (TPSA) is 66.3 Å². The maximum absolute atomic E-state index is 13.8. The fourth-order valence-electron chi connectivity index (χ4n) is 2.75. The van der Waals surface area contributed by atoms with E-state index in [0.29, 0.717) is 18.7 Å². The number of nitrogens with zero attached hydrogens (tertiary/aromatic N) is 3. The van der Waals surface area contributed by atoms with Crippen molar-refractivity contribution < 1.29 is 14.3 Å². The van der Waals surface area contributed by atoms with Crippen LogP contribution in [0.4, 0.5) is 4.39 Å². The quantitative estimate of drug-likeness (QED) is 0.858. The third-order valence-corrected chi connectivity index (χ3v) is 4.05. The molecule has 114 valence electrons. The van der Waals surface area contributed by atoms with Crippen molar-refractivity contribution in [3.8, 4) is 0 Å². The minimum Gasteiger partial charge on any atom is -0.385 e. The summed E-state index contributed by atoms with van der Waals surface area (Å²) in [4.78, 5) is 21.5. The van der Waals surface area contributed by atoms with Crippen LogP contribution in [-0.4, -0.2) is 39.0 Å². The number of likely N-dealkylation sites (tertiary alicyclic amines) is 1. The molecule has 2 aromatic heterocycles. The third-order valence-electron chi connectivity index (χ3n) is 4.05. The Morgan fingerprint density at radius 2 is 1.95 bits per heavy atom. The predicted octanol–water partition coefficient (Wildman–Crippen LogP) is 1.74. The van der Waals surface area contributed by atoms with E-state index in [-0.39, 0.29) is 24.3 Å². The lowest BCUT2D eigenvalue weighted by Gasteiger charge is -2.38. The fourth-order valence-corrected chi connectivity index (χ4v) is 2.75. The van der Waals surface area contributed by atoms with Crippen molar-refractivity contribution >= 4 is 5.91 Å². The minimum absolute atomic E-state index is 0.123. The van der Waals surface area contributed by atoms with Gasteiger partial charge in [-0.2, -0.15) is 4.39 Å². The standard InChI is InChI=1S/C16H16FN3O2/c17-14-13(4-2-8-19-14)16(22)5-9-20(10-6-16)15(21)12-3-1-7-18-11-12/h1-4,7-8,11,22H,5-6,9-10H2. The van der Waals surface area contributed by atoms with Crippen molar-refractivity contribution in [3.05, 3.63) is 59.9 Å². The van der Waals surface area contributed by atoms with Gasteiger partial charge in [0.25, 0.3) is 5.91 Å². The zero-order valence-corrected chi connectivity index (χ0v) is 11.9. The van der Waals surface area contributed by atoms with E-state index in [9.17, 15) is 14.3 Å². The Morgan fingerprint density at radius 3 is 2.59 bits per heavy atom. The average Bonchev–Trinajstić information content (AvgIpc) is 2.56. The number of rotatable bonds is 2. The molecule has 1 fully saturated rings. The van der Waals surface area contributed by atoms with Crippen molar-refractivity contribution in [2.24, 2.45) is 0 Å². The lowest BCUT2D eigenvalue weighted by atomic mass is 9.85. The second-order valence-electron chi connectivity index (χ2n) is 5.41. The van der Waals surface area contributed by atoms with Crippen LogP contribution < -0.4 is 0 Å². The summed E-state index contributed by atoms with van der Waals surface area (Å²) in [6, 6.07) is 6.56. The molecule has 3 heterocycles. The lowest BCUT2D eigenvalue weighted by molar-refractivity contribution is -0.0241. The first-order valence-corrected chi connectivity index (χ1v) is 7.13. The molecule has 0 radical (unpaired) electrons. The Kier molecular flexibility index (Phi) is 3.85. The molecular weight excluding hydrogens is 285 g/mol. The molecule has 1 amide bonds. The Labute approximate surface area is 127 Å². The highest BCUT2D eigenvalue weighted by atomic mass is 19.1. The number of aromatic nitrogens is 2. The van der Waals surface area contributed by atoms with Gasteiger partial charge in [0.1, 0.15) is 0 Å². The largest absolute Gasteiger partial charge is 0.385 e. The van der Waals surface area contributed by atoms with Gasteiger partial charge in [-0.15, -0.1) is 0 Å². The van der Waals surface area contributed by atoms with Gasteiger partial charge in [-0.25, -0.2) is 4.98 Å². The van der Waals surface area contributed by atoms with E-state index in [2.05, 4.69) is 9.97 Å². The highest BCUT2D eigenvalue weighted by molar-refractivity contribution is 5.93. The minimum atomic E-state index is -1.27. The monoisotopic (exact) mass is 301 g/mol. The van der Waals surface area contributed by atoms with Crippen LogP contribution in [0.15, 0.2) is 42.9 Å². The molecule has 0 aliphatic carbocycles. The molecule has 0 aromatic carbocycles. The van der Waals surface area contributed by atoms with Crippen molar-refractivity contribution in [1.29, 1.82) is 0 Å². The molecular formula is C16H16FN3O2. The van der Waals surface area contributed by atoms with Gasteiger partial charge in [-0.1, -0.05) is 6.07 Å². The van der Waals surface area contributed by atoms with Crippen LogP contribution in [0.25, 0.3) is 0 Å². The Hall–Kier alpha value is -2.34. The summed E-state index contributed by atoms with van der Waals surface area (Å²) in [5.74, 6) is -0.779. The Morgan fingerprint density at radius 1 is 1.23 bits per heavy atom. The van der Waals surface area contributed by atoms with Crippen LogP contribution in [0.3, 0.4) is 0 Å². The SMILES string of the molecule is O=C(c1cccnc1)N1CCC(O)(c2cccnc2F)CC1. The first-order chi connectivity index (χ1) is 10.6. The number of pyridine rings is 2. The van der Waals surface area contributed by atoms with E-state index in [0.717, 1.165) is 0 Å². The average molecular weight is 301 g/mol. The van der Waals surface area contributed by atoms with Crippen LogP contribution in [0.5, 0.6) is 0 Å². The molecule has 1 saturated heterocycles. The van der Waals surface area contributed by atoms with Crippen molar-refractivity contribution in [3.63, 3.8) is 0 Å². The maximum atomic E-state index is 13.8. The van der Waals surface area contributed by atoms with Gasteiger partial charge >= 0.3 is 0 Å². The second kappa shape index (κ2) is 5.81. The molecule has 5 nitrogen and oxygen atoms in total. The number of piperidine rings is 1. The summed E-state index contributed by atoms with van der Waals surface area (Å²) in [5, 5.41) is 10.7. The van der Waals surface area contributed by atoms with Crippen LogP contribution in [0, 0.1) is 5.95 Å². The summed E-state index contributed by atoms with van der Waals surface area (Å²) in [6.45, 7) is 0.719. The molecule has 0 spiro atoms. The van der Waals surface area contributed by atoms with Crippen molar-refractivity contribution in [1.82, 2.24) is 14.9 Å². The summed E-state index contributed by atoms with van der Waals surface area (Å²) < 4.78 is 13.8. The van der Waals surface area contributed by atoms with Gasteiger partial charge in [-0.3, -0.25) is 9.78 Å². The number of hydrogen-bond acceptors (Lipinski definition) is 4. The Bertz CT molecular complexity index is 670. The summed E-state index contributed by atoms with van der Waals surface area (Å²) in [5.41, 5.74) is -0.562. The van der Waals surface area contributed by atoms with Crippen LogP contribution in [0.1, 0.15) is 28.8 Å². The van der Waals surface area contributed by atoms with E-state index in [1.54, 1.807) is 35.4 Å². The Balaban J connectivity index is 1.73. The van der Waals surface area contributed by atoms with Crippen molar-refractivity contribution in [2.45, 2.75) is 18.4 Å². The fraction of sp³-hybridized carbons (Fsp3) is 0.312. The van der Waals surface area contributed by atoms with E-state index in [1.807, 2.05) is 0 Å². The highest BCUT2D eigenvalue weighted by Gasteiger charge is 2.37. The summed E-state index contributed by atoms with van der Waals surface area (Å²) in [7, 11) is 0. The van der Waals surface area contributed by atoms with Crippen LogP contribution in [0.2, 0.25) is 0 Å². The molecule has 0 bridgehead atoms. The molecule has 22 heavy (non-hydrogen) atoms. The first kappa shape index (κ1) is 14.6. The highest BCUT2D eigenvalue weighted by Crippen LogP contribution is 2.34. The van der Waals surface area contributed by atoms with Crippen molar-refractivity contribution in [2.75, 3.05) is 13.1 Å². The molecule has 0 atom stereocenters. The molecule has 6 heteroatoms. The molecule has 2 aromatic rings. The first-order valence-electron chi connectivity index (χ1n) is 7.13. The van der Waals surface area contributed by atoms with Gasteiger partial charge in [0.05, 0.1) is 11.2 Å². The zero-order chi connectivity index (χ0) is 15.6. The normalized spacial score (nSPS) is 17.3. The summed E-state index contributed by atoms with van der Waals surface area (Å²) in [6.07, 6.45) is 5.04. The molecule has 0 unspecified atom stereocenters. The van der Waals surface area contributed by atoms with E-state index >= 15 is 0 Å². The number of carbonyl (C=O) groups excluding carboxylic acids is 1. The number of amides is 1. The zero-order valence-electron chi connectivity index (χ0n) is 11.9. The van der Waals surface area contributed by atoms with E-state index < -0.39 is 11.5 Å². The second-order valence-corrected chi connectivity index (χ2v) is 5.41. The number of aliphatic hydroxyl groups is 1. The van der Waals surface area contributed by atoms with Crippen LogP contribution >= 0.6 is 0 Å². The van der Waals surface area contributed by atoms with Gasteiger partial charge in [0.15, 0.2) is 0 Å². The molecule has 3 rings (SSSR count). The summed E-state index contributed by atoms with van der Waals surface area (Å²) >= 11 is 0. The molecule has 1 aliphatic heterocycles.